The first kappa shape index (κ1) is 15.3. The van der Waals surface area contributed by atoms with Gasteiger partial charge in [-0.2, -0.15) is 0 Å². The zero-order valence-electron chi connectivity index (χ0n) is 11.4. The molecule has 0 unspecified atom stereocenters. The Labute approximate surface area is 131 Å². The Morgan fingerprint density at radius 2 is 2.05 bits per heavy atom. The lowest BCUT2D eigenvalue weighted by Gasteiger charge is -2.12. The molecule has 0 bridgehead atoms. The van der Waals surface area contributed by atoms with Gasteiger partial charge in [0.25, 0.3) is 0 Å². The summed E-state index contributed by atoms with van der Waals surface area (Å²) < 4.78 is 6.37. The number of hydrogen-bond donors (Lipinski definition) is 2. The minimum atomic E-state index is -0.376. The summed E-state index contributed by atoms with van der Waals surface area (Å²) in [7, 11) is 0. The van der Waals surface area contributed by atoms with E-state index in [4.69, 9.17) is 10.5 Å². The number of amides is 1. The van der Waals surface area contributed by atoms with Crippen LogP contribution in [0.5, 0.6) is 5.75 Å². The van der Waals surface area contributed by atoms with Crippen molar-refractivity contribution in [2.24, 2.45) is 5.73 Å². The highest BCUT2D eigenvalue weighted by atomic mass is 79.9. The number of nitrogens with one attached hydrogen (secondary N) is 1. The zero-order chi connectivity index (χ0) is 15.1. The lowest BCUT2D eigenvalue weighted by molar-refractivity contribution is -0.118. The third-order valence-corrected chi connectivity index (χ3v) is 3.17. The fraction of sp³-hybridized carbons (Fsp3) is 0.200. The van der Waals surface area contributed by atoms with E-state index < -0.39 is 0 Å². The van der Waals surface area contributed by atoms with Gasteiger partial charge in [0, 0.05) is 0 Å². The summed E-state index contributed by atoms with van der Waals surface area (Å²) in [6, 6.07) is 13.3. The topological polar surface area (TPSA) is 77.2 Å². The Morgan fingerprint density at radius 1 is 1.24 bits per heavy atom. The number of benzene rings is 1. The van der Waals surface area contributed by atoms with Gasteiger partial charge in [-0.15, -0.1) is 0 Å². The monoisotopic (exact) mass is 349 g/mol. The number of carbonyl (C=O) groups excluding carboxylic acids is 1. The van der Waals surface area contributed by atoms with Crippen LogP contribution in [0.25, 0.3) is 0 Å². The molecular formula is C15H16BrN3O2. The number of para-hydroxylation sites is 2. The van der Waals surface area contributed by atoms with E-state index in [-0.39, 0.29) is 18.9 Å². The van der Waals surface area contributed by atoms with Crippen molar-refractivity contribution < 1.29 is 9.53 Å². The summed E-state index contributed by atoms with van der Waals surface area (Å²) in [6.45, 7) is 0.846. The Morgan fingerprint density at radius 3 is 2.81 bits per heavy atom. The van der Waals surface area contributed by atoms with Crippen molar-refractivity contribution in [1.29, 1.82) is 0 Å². The van der Waals surface area contributed by atoms with Gasteiger partial charge >= 0.3 is 0 Å². The number of rotatable bonds is 7. The van der Waals surface area contributed by atoms with Crippen LogP contribution in [0.1, 0.15) is 12.1 Å². The van der Waals surface area contributed by atoms with Crippen LogP contribution in [0.2, 0.25) is 0 Å². The Hall–Kier alpha value is -2.08. The first-order valence-corrected chi connectivity index (χ1v) is 7.30. The minimum absolute atomic E-state index is 0.196. The largest absolute Gasteiger partial charge is 0.491 e. The summed E-state index contributed by atoms with van der Waals surface area (Å²) in [5.74, 6) is 0.313. The van der Waals surface area contributed by atoms with E-state index in [2.05, 4.69) is 26.2 Å². The predicted octanol–water partition coefficient (Wildman–Crippen LogP) is 2.71. The van der Waals surface area contributed by atoms with Crippen LogP contribution in [-0.4, -0.2) is 17.5 Å². The number of halogens is 1. The third-order valence-electron chi connectivity index (χ3n) is 2.73. The van der Waals surface area contributed by atoms with Gasteiger partial charge in [0.2, 0.25) is 5.91 Å². The molecule has 1 aromatic heterocycles. The molecule has 5 nitrogen and oxygen atoms in total. The second kappa shape index (κ2) is 7.64. The molecule has 0 aliphatic carbocycles. The fourth-order valence-electron chi connectivity index (χ4n) is 1.73. The molecule has 0 fully saturated rings. The van der Waals surface area contributed by atoms with E-state index in [1.54, 1.807) is 0 Å². The molecule has 0 aliphatic rings. The number of primary amides is 1. The quantitative estimate of drug-likeness (QED) is 0.753. The molecule has 1 heterocycles. The second-order valence-corrected chi connectivity index (χ2v) is 5.18. The molecule has 0 saturated carbocycles. The number of ether oxygens (including phenoxy) is 1. The van der Waals surface area contributed by atoms with Crippen LogP contribution in [0.4, 0.5) is 5.69 Å². The predicted molar refractivity (Wildman–Crippen MR) is 85.0 cm³/mol. The summed E-state index contributed by atoms with van der Waals surface area (Å²) in [4.78, 5) is 15.1. The molecule has 110 valence electrons. The highest BCUT2D eigenvalue weighted by Crippen LogP contribution is 2.24. The van der Waals surface area contributed by atoms with Crippen molar-refractivity contribution in [2.75, 3.05) is 11.9 Å². The summed E-state index contributed by atoms with van der Waals surface area (Å²) >= 11 is 3.34. The van der Waals surface area contributed by atoms with Crippen molar-refractivity contribution in [3.05, 3.63) is 52.8 Å². The van der Waals surface area contributed by atoms with Crippen LogP contribution in [0.15, 0.2) is 47.1 Å². The van der Waals surface area contributed by atoms with E-state index in [9.17, 15) is 4.79 Å². The zero-order valence-corrected chi connectivity index (χ0v) is 13.0. The molecule has 2 aromatic rings. The van der Waals surface area contributed by atoms with Crippen molar-refractivity contribution in [3.63, 3.8) is 0 Å². The van der Waals surface area contributed by atoms with Crippen LogP contribution < -0.4 is 15.8 Å². The molecule has 0 atom stereocenters. The smallest absolute Gasteiger partial charge is 0.220 e. The molecular weight excluding hydrogens is 334 g/mol. The van der Waals surface area contributed by atoms with E-state index in [0.717, 1.165) is 16.0 Å². The molecule has 0 radical (unpaired) electrons. The standard InChI is InChI=1S/C15H16BrN3O2/c16-14-7-3-4-11(19-14)10-18-12-5-1-2-6-13(12)21-9-8-15(17)20/h1-7,18H,8-10H2,(H2,17,20). The maximum absolute atomic E-state index is 10.7. The number of nitrogens with two attached hydrogens (primary N) is 1. The number of carbonyl (C=O) groups is 1. The highest BCUT2D eigenvalue weighted by molar-refractivity contribution is 9.10. The molecule has 0 saturated heterocycles. The summed E-state index contributed by atoms with van der Waals surface area (Å²) in [5.41, 5.74) is 6.86. The number of aromatic nitrogens is 1. The molecule has 0 spiro atoms. The SMILES string of the molecule is NC(=O)CCOc1ccccc1NCc1cccc(Br)n1. The van der Waals surface area contributed by atoms with Gasteiger partial charge in [0.1, 0.15) is 10.4 Å². The van der Waals surface area contributed by atoms with Crippen molar-refractivity contribution >= 4 is 27.5 Å². The van der Waals surface area contributed by atoms with Crippen LogP contribution in [0.3, 0.4) is 0 Å². The average molecular weight is 350 g/mol. The average Bonchev–Trinajstić information content (AvgIpc) is 2.46. The first-order valence-electron chi connectivity index (χ1n) is 6.50. The van der Waals surface area contributed by atoms with Crippen molar-refractivity contribution in [2.45, 2.75) is 13.0 Å². The Kier molecular flexibility index (Phi) is 5.57. The maximum Gasteiger partial charge on any atom is 0.220 e. The van der Waals surface area contributed by atoms with Gasteiger partial charge in [-0.3, -0.25) is 4.79 Å². The number of anilines is 1. The van der Waals surface area contributed by atoms with Crippen LogP contribution >= 0.6 is 15.9 Å². The van der Waals surface area contributed by atoms with Crippen LogP contribution in [-0.2, 0) is 11.3 Å². The Bertz CT molecular complexity index is 619. The van der Waals surface area contributed by atoms with Gasteiger partial charge < -0.3 is 15.8 Å². The normalized spacial score (nSPS) is 10.1. The van der Waals surface area contributed by atoms with E-state index >= 15 is 0 Å². The van der Waals surface area contributed by atoms with Crippen LogP contribution in [0, 0.1) is 0 Å². The maximum atomic E-state index is 10.7. The number of nitrogens with zero attached hydrogens (tertiary/aromatic N) is 1. The molecule has 3 N–H and O–H groups in total. The van der Waals surface area contributed by atoms with Crippen molar-refractivity contribution in [1.82, 2.24) is 4.98 Å². The molecule has 1 aromatic carbocycles. The lowest BCUT2D eigenvalue weighted by Crippen LogP contribution is -2.15. The third kappa shape index (κ3) is 5.07. The van der Waals surface area contributed by atoms with Gasteiger partial charge in [-0.1, -0.05) is 18.2 Å². The molecule has 21 heavy (non-hydrogen) atoms. The summed E-state index contributed by atoms with van der Waals surface area (Å²) in [5, 5.41) is 3.27. The molecule has 0 aliphatic heterocycles. The fourth-order valence-corrected chi connectivity index (χ4v) is 2.12. The van der Waals surface area contributed by atoms with Gasteiger partial charge in [0.05, 0.1) is 31.0 Å². The summed E-state index contributed by atoms with van der Waals surface area (Å²) in [6.07, 6.45) is 0.196. The second-order valence-electron chi connectivity index (χ2n) is 4.37. The van der Waals surface area contributed by atoms with Gasteiger partial charge in [-0.05, 0) is 40.2 Å². The van der Waals surface area contributed by atoms with Gasteiger partial charge in [0.15, 0.2) is 0 Å². The molecule has 2 rings (SSSR count). The highest BCUT2D eigenvalue weighted by Gasteiger charge is 2.04. The van der Waals surface area contributed by atoms with Crippen molar-refractivity contribution in [3.8, 4) is 5.75 Å². The number of hydrogen-bond acceptors (Lipinski definition) is 4. The van der Waals surface area contributed by atoms with E-state index in [0.29, 0.717) is 12.3 Å². The van der Waals surface area contributed by atoms with E-state index in [1.807, 2.05) is 42.5 Å². The first-order chi connectivity index (χ1) is 10.1. The molecule has 1 amide bonds. The Balaban J connectivity index is 1.97. The minimum Gasteiger partial charge on any atom is -0.491 e. The lowest BCUT2D eigenvalue weighted by atomic mass is 10.2. The van der Waals surface area contributed by atoms with E-state index in [1.165, 1.54) is 0 Å². The number of pyridine rings is 1. The molecule has 6 heteroatoms. The van der Waals surface area contributed by atoms with Gasteiger partial charge in [-0.25, -0.2) is 4.98 Å².